The second kappa shape index (κ2) is 9.52. The number of aromatic nitrogens is 1. The Balaban J connectivity index is 1.47. The Bertz CT molecular complexity index is 968. The highest BCUT2D eigenvalue weighted by Crippen LogP contribution is 2.19. The van der Waals surface area contributed by atoms with E-state index in [4.69, 9.17) is 4.74 Å². The first kappa shape index (κ1) is 20.1. The third-order valence-corrected chi connectivity index (χ3v) is 5.52. The van der Waals surface area contributed by atoms with E-state index in [1.54, 1.807) is 41.7 Å². The number of rotatable bonds is 7. The lowest BCUT2D eigenvalue weighted by molar-refractivity contribution is -0.131. The predicted octanol–water partition coefficient (Wildman–Crippen LogP) is 4.85. The second-order valence-corrected chi connectivity index (χ2v) is 8.22. The molecule has 0 saturated heterocycles. The normalized spacial score (nSPS) is 10.5. The zero-order valence-electron chi connectivity index (χ0n) is 15.6. The molecule has 5 nitrogen and oxygen atoms in total. The molecule has 7 heteroatoms. The fourth-order valence-electron chi connectivity index (χ4n) is 2.47. The molecule has 144 valence electrons. The Morgan fingerprint density at radius 2 is 1.93 bits per heavy atom. The summed E-state index contributed by atoms with van der Waals surface area (Å²) >= 11 is 3.07. The number of ether oxygens (including phenoxy) is 1. The zero-order valence-corrected chi connectivity index (χ0v) is 17.2. The van der Waals surface area contributed by atoms with Crippen LogP contribution >= 0.6 is 23.1 Å². The number of hydrogen-bond donors (Lipinski definition) is 1. The van der Waals surface area contributed by atoms with Gasteiger partial charge in [-0.2, -0.15) is 0 Å². The topological polar surface area (TPSA) is 68.3 Å². The number of anilines is 1. The Hall–Kier alpha value is -2.64. The summed E-state index contributed by atoms with van der Waals surface area (Å²) in [5.41, 5.74) is 3.24. The Morgan fingerprint density at radius 3 is 2.61 bits per heavy atom. The van der Waals surface area contributed by atoms with E-state index in [-0.39, 0.29) is 17.6 Å². The Labute approximate surface area is 172 Å². The number of benzene rings is 2. The largest absolute Gasteiger partial charge is 0.426 e. The first-order valence-electron chi connectivity index (χ1n) is 8.67. The van der Waals surface area contributed by atoms with Crippen LogP contribution in [-0.2, 0) is 10.5 Å². The smallest absolute Gasteiger partial charge is 0.321 e. The molecule has 0 unspecified atom stereocenters. The molecule has 0 aliphatic heterocycles. The van der Waals surface area contributed by atoms with Crippen molar-refractivity contribution in [1.82, 2.24) is 4.98 Å². The molecule has 0 aliphatic carbocycles. The zero-order chi connectivity index (χ0) is 19.9. The summed E-state index contributed by atoms with van der Waals surface area (Å²) < 4.78 is 5.33. The van der Waals surface area contributed by atoms with Gasteiger partial charge in [0.05, 0.1) is 16.5 Å². The number of aryl methyl sites for hydroxylation is 2. The number of amides is 1. The highest BCUT2D eigenvalue weighted by atomic mass is 32.2. The standard InChI is InChI=1S/C21H20N2O3S2/c1-14-4-3-5-16(10-14)21(25)23-17-6-8-19(9-7-17)26-20(24)13-27-11-18-12-28-15(2)22-18/h3-10,12H,11,13H2,1-2H3,(H,23,25). The number of carbonyl (C=O) groups is 2. The molecule has 1 amide bonds. The van der Waals surface area contributed by atoms with Crippen molar-refractivity contribution in [2.45, 2.75) is 19.6 Å². The van der Waals surface area contributed by atoms with Crippen LogP contribution in [0.25, 0.3) is 0 Å². The van der Waals surface area contributed by atoms with Gasteiger partial charge in [0.25, 0.3) is 5.91 Å². The van der Waals surface area contributed by atoms with Crippen molar-refractivity contribution in [3.05, 3.63) is 75.7 Å². The van der Waals surface area contributed by atoms with Crippen LogP contribution in [0.2, 0.25) is 0 Å². The number of esters is 1. The van der Waals surface area contributed by atoms with Gasteiger partial charge in [-0.1, -0.05) is 17.7 Å². The second-order valence-electron chi connectivity index (χ2n) is 6.17. The van der Waals surface area contributed by atoms with Crippen molar-refractivity contribution in [2.75, 3.05) is 11.1 Å². The molecule has 28 heavy (non-hydrogen) atoms. The van der Waals surface area contributed by atoms with Crippen LogP contribution in [0.1, 0.15) is 26.6 Å². The summed E-state index contributed by atoms with van der Waals surface area (Å²) in [4.78, 5) is 28.6. The fourth-order valence-corrected chi connectivity index (χ4v) is 3.87. The molecule has 1 N–H and O–H groups in total. The number of thiazole rings is 1. The van der Waals surface area contributed by atoms with Gasteiger partial charge in [0, 0.05) is 22.4 Å². The maximum atomic E-state index is 12.3. The number of thioether (sulfide) groups is 1. The molecule has 0 spiro atoms. The average molecular weight is 413 g/mol. The minimum atomic E-state index is -0.312. The van der Waals surface area contributed by atoms with Crippen molar-refractivity contribution in [1.29, 1.82) is 0 Å². The van der Waals surface area contributed by atoms with E-state index in [1.165, 1.54) is 11.8 Å². The van der Waals surface area contributed by atoms with Crippen molar-refractivity contribution in [3.8, 4) is 5.75 Å². The maximum absolute atomic E-state index is 12.3. The van der Waals surface area contributed by atoms with E-state index in [0.717, 1.165) is 16.3 Å². The van der Waals surface area contributed by atoms with Crippen molar-refractivity contribution in [2.24, 2.45) is 0 Å². The lowest BCUT2D eigenvalue weighted by atomic mass is 10.1. The number of nitrogens with one attached hydrogen (secondary N) is 1. The van der Waals surface area contributed by atoms with Crippen molar-refractivity contribution >= 4 is 40.7 Å². The molecule has 0 atom stereocenters. The fraction of sp³-hybridized carbons (Fsp3) is 0.190. The minimum absolute atomic E-state index is 0.179. The number of nitrogens with zero attached hydrogens (tertiary/aromatic N) is 1. The Morgan fingerprint density at radius 1 is 1.14 bits per heavy atom. The van der Waals surface area contributed by atoms with E-state index in [0.29, 0.717) is 22.8 Å². The molecule has 1 heterocycles. The van der Waals surface area contributed by atoms with E-state index >= 15 is 0 Å². The summed E-state index contributed by atoms with van der Waals surface area (Å²) in [6.45, 7) is 3.90. The highest BCUT2D eigenvalue weighted by molar-refractivity contribution is 7.99. The molecule has 3 rings (SSSR count). The molecular weight excluding hydrogens is 392 g/mol. The van der Waals surface area contributed by atoms with Gasteiger partial charge in [0.1, 0.15) is 5.75 Å². The van der Waals surface area contributed by atoms with E-state index in [1.807, 2.05) is 37.4 Å². The van der Waals surface area contributed by atoms with Gasteiger partial charge in [-0.15, -0.1) is 23.1 Å². The summed E-state index contributed by atoms with van der Waals surface area (Å²) in [5, 5.41) is 5.85. The molecule has 3 aromatic rings. The van der Waals surface area contributed by atoms with Gasteiger partial charge in [-0.25, -0.2) is 4.98 Å². The van der Waals surface area contributed by atoms with Gasteiger partial charge in [-0.3, -0.25) is 9.59 Å². The minimum Gasteiger partial charge on any atom is -0.426 e. The lowest BCUT2D eigenvalue weighted by Crippen LogP contribution is -2.12. The van der Waals surface area contributed by atoms with Crippen molar-refractivity contribution in [3.63, 3.8) is 0 Å². The van der Waals surface area contributed by atoms with Crippen LogP contribution in [0, 0.1) is 13.8 Å². The van der Waals surface area contributed by atoms with Crippen LogP contribution in [-0.4, -0.2) is 22.6 Å². The van der Waals surface area contributed by atoms with Gasteiger partial charge in [0.2, 0.25) is 0 Å². The van der Waals surface area contributed by atoms with Gasteiger partial charge in [-0.05, 0) is 50.2 Å². The molecule has 1 aromatic heterocycles. The van der Waals surface area contributed by atoms with Crippen LogP contribution in [0.3, 0.4) is 0 Å². The summed E-state index contributed by atoms with van der Waals surface area (Å²) in [5.74, 6) is 0.894. The van der Waals surface area contributed by atoms with Crippen LogP contribution in [0.15, 0.2) is 53.9 Å². The molecular formula is C21H20N2O3S2. The first-order chi connectivity index (χ1) is 13.5. The van der Waals surface area contributed by atoms with E-state index in [2.05, 4.69) is 10.3 Å². The predicted molar refractivity (Wildman–Crippen MR) is 114 cm³/mol. The first-order valence-corrected chi connectivity index (χ1v) is 10.7. The highest BCUT2D eigenvalue weighted by Gasteiger charge is 2.09. The van der Waals surface area contributed by atoms with E-state index < -0.39 is 0 Å². The third-order valence-electron chi connectivity index (χ3n) is 3.76. The summed E-state index contributed by atoms with van der Waals surface area (Å²) in [6, 6.07) is 14.1. The third kappa shape index (κ3) is 5.94. The maximum Gasteiger partial charge on any atom is 0.321 e. The summed E-state index contributed by atoms with van der Waals surface area (Å²) in [7, 11) is 0. The molecule has 0 saturated carbocycles. The quantitative estimate of drug-likeness (QED) is 0.444. The number of carbonyl (C=O) groups excluding carboxylic acids is 2. The monoisotopic (exact) mass is 412 g/mol. The Kier molecular flexibility index (Phi) is 6.84. The molecule has 2 aromatic carbocycles. The van der Waals surface area contributed by atoms with Crippen LogP contribution < -0.4 is 10.1 Å². The van der Waals surface area contributed by atoms with Gasteiger partial charge >= 0.3 is 5.97 Å². The molecule has 0 radical (unpaired) electrons. The molecule has 0 aliphatic rings. The van der Waals surface area contributed by atoms with E-state index in [9.17, 15) is 9.59 Å². The lowest BCUT2D eigenvalue weighted by Gasteiger charge is -2.08. The van der Waals surface area contributed by atoms with Gasteiger partial charge in [0.15, 0.2) is 0 Å². The average Bonchev–Trinajstić information content (AvgIpc) is 3.08. The van der Waals surface area contributed by atoms with Crippen LogP contribution in [0.5, 0.6) is 5.75 Å². The molecule has 0 bridgehead atoms. The van der Waals surface area contributed by atoms with Crippen molar-refractivity contribution < 1.29 is 14.3 Å². The SMILES string of the molecule is Cc1cccc(C(=O)Nc2ccc(OC(=O)CSCc3csc(C)n3)cc2)c1. The number of hydrogen-bond acceptors (Lipinski definition) is 6. The van der Waals surface area contributed by atoms with Gasteiger partial charge < -0.3 is 10.1 Å². The molecule has 0 fully saturated rings. The van der Waals surface area contributed by atoms with Crippen LogP contribution in [0.4, 0.5) is 5.69 Å². The summed E-state index contributed by atoms with van der Waals surface area (Å²) in [6.07, 6.45) is 0.